The van der Waals surface area contributed by atoms with Crippen LogP contribution in [0.4, 0.5) is 11.6 Å². The zero-order valence-electron chi connectivity index (χ0n) is 15.5. The Kier molecular flexibility index (Phi) is 4.63. The van der Waals surface area contributed by atoms with Gasteiger partial charge in [-0.05, 0) is 61.0 Å². The van der Waals surface area contributed by atoms with Gasteiger partial charge in [0.05, 0.1) is 18.5 Å². The highest BCUT2D eigenvalue weighted by atomic mass is 16.5. The molecule has 0 bridgehead atoms. The second-order valence-electron chi connectivity index (χ2n) is 6.23. The SMILES string of the molecule is COc1ccc(-c2cccc3nc(Nc4ccc(/C(C)=N\O)cc4)nn23)cc1. The summed E-state index contributed by atoms with van der Waals surface area (Å²) in [6, 6.07) is 21.2. The fraction of sp³-hybridized carbons (Fsp3) is 0.0952. The minimum Gasteiger partial charge on any atom is -0.497 e. The van der Waals surface area contributed by atoms with E-state index in [0.717, 1.165) is 33.9 Å². The zero-order valence-corrected chi connectivity index (χ0v) is 15.5. The predicted molar refractivity (Wildman–Crippen MR) is 109 cm³/mol. The van der Waals surface area contributed by atoms with Crippen molar-refractivity contribution in [2.24, 2.45) is 5.16 Å². The van der Waals surface area contributed by atoms with E-state index in [1.54, 1.807) is 18.5 Å². The Morgan fingerprint density at radius 3 is 2.46 bits per heavy atom. The van der Waals surface area contributed by atoms with Crippen LogP contribution in [0.5, 0.6) is 5.75 Å². The van der Waals surface area contributed by atoms with Crippen LogP contribution >= 0.6 is 0 Å². The third kappa shape index (κ3) is 3.37. The molecule has 0 atom stereocenters. The van der Waals surface area contributed by atoms with Crippen molar-refractivity contribution in [3.05, 3.63) is 72.3 Å². The van der Waals surface area contributed by atoms with Gasteiger partial charge >= 0.3 is 0 Å². The summed E-state index contributed by atoms with van der Waals surface area (Å²) in [7, 11) is 1.65. The molecule has 7 nitrogen and oxygen atoms in total. The molecular formula is C21H19N5O2. The molecule has 0 aliphatic heterocycles. The van der Waals surface area contributed by atoms with E-state index in [0.29, 0.717) is 11.7 Å². The van der Waals surface area contributed by atoms with Gasteiger partial charge in [0.25, 0.3) is 0 Å². The summed E-state index contributed by atoms with van der Waals surface area (Å²) < 4.78 is 7.03. The van der Waals surface area contributed by atoms with Gasteiger partial charge in [-0.25, -0.2) is 4.52 Å². The zero-order chi connectivity index (χ0) is 19.5. The third-order valence-corrected chi connectivity index (χ3v) is 4.45. The number of benzene rings is 2. The molecule has 0 amide bonds. The maximum Gasteiger partial charge on any atom is 0.247 e. The van der Waals surface area contributed by atoms with Crippen molar-refractivity contribution in [3.8, 4) is 17.0 Å². The molecule has 2 aromatic heterocycles. The van der Waals surface area contributed by atoms with Crippen LogP contribution in [0.15, 0.2) is 71.9 Å². The monoisotopic (exact) mass is 373 g/mol. The highest BCUT2D eigenvalue weighted by molar-refractivity contribution is 5.98. The van der Waals surface area contributed by atoms with E-state index in [2.05, 4.69) is 20.6 Å². The normalized spacial score (nSPS) is 11.6. The van der Waals surface area contributed by atoms with Gasteiger partial charge in [0.15, 0.2) is 5.65 Å². The Hall–Kier alpha value is -3.87. The minimum atomic E-state index is 0.501. The van der Waals surface area contributed by atoms with Crippen molar-refractivity contribution in [1.29, 1.82) is 0 Å². The first-order valence-corrected chi connectivity index (χ1v) is 8.74. The first-order chi connectivity index (χ1) is 13.7. The van der Waals surface area contributed by atoms with Crippen LogP contribution in [0.25, 0.3) is 16.9 Å². The van der Waals surface area contributed by atoms with Crippen molar-refractivity contribution < 1.29 is 9.94 Å². The molecular weight excluding hydrogens is 354 g/mol. The number of oxime groups is 1. The molecule has 0 radical (unpaired) electrons. The Morgan fingerprint density at radius 2 is 1.79 bits per heavy atom. The molecule has 0 aliphatic carbocycles. The van der Waals surface area contributed by atoms with E-state index < -0.39 is 0 Å². The maximum atomic E-state index is 8.87. The van der Waals surface area contributed by atoms with E-state index in [9.17, 15) is 0 Å². The first kappa shape index (κ1) is 17.5. The van der Waals surface area contributed by atoms with Crippen molar-refractivity contribution >= 4 is 23.0 Å². The standard InChI is InChI=1S/C21H19N5O2/c1-14(25-27)15-6-10-17(11-7-15)22-21-23-20-5-3-4-19(26(20)24-21)16-8-12-18(28-2)13-9-16/h3-13,27H,1-2H3,(H,22,24)/b25-14-. The molecule has 2 aromatic carbocycles. The molecule has 2 heterocycles. The predicted octanol–water partition coefficient (Wildman–Crippen LogP) is 4.35. The molecule has 0 saturated heterocycles. The summed E-state index contributed by atoms with van der Waals surface area (Å²) in [6.45, 7) is 1.74. The highest BCUT2D eigenvalue weighted by Gasteiger charge is 2.09. The van der Waals surface area contributed by atoms with E-state index in [1.807, 2.05) is 66.7 Å². The molecule has 0 fully saturated rings. The lowest BCUT2D eigenvalue weighted by Gasteiger charge is -2.05. The largest absolute Gasteiger partial charge is 0.497 e. The Labute approximate surface area is 161 Å². The number of pyridine rings is 1. The average molecular weight is 373 g/mol. The van der Waals surface area contributed by atoms with Crippen LogP contribution < -0.4 is 10.1 Å². The lowest BCUT2D eigenvalue weighted by molar-refractivity contribution is 0.319. The molecule has 4 aromatic rings. The number of aromatic nitrogens is 3. The average Bonchev–Trinajstić information content (AvgIpc) is 3.16. The number of fused-ring (bicyclic) bond motifs is 1. The van der Waals surface area contributed by atoms with Crippen LogP contribution in [0, 0.1) is 0 Å². The van der Waals surface area contributed by atoms with Gasteiger partial charge in [0.2, 0.25) is 5.95 Å². The van der Waals surface area contributed by atoms with E-state index in [1.165, 1.54) is 0 Å². The molecule has 0 unspecified atom stereocenters. The van der Waals surface area contributed by atoms with Crippen LogP contribution in [0.3, 0.4) is 0 Å². The first-order valence-electron chi connectivity index (χ1n) is 8.74. The van der Waals surface area contributed by atoms with E-state index in [-0.39, 0.29) is 0 Å². The van der Waals surface area contributed by atoms with Crippen LogP contribution in [-0.2, 0) is 0 Å². The molecule has 0 aliphatic rings. The van der Waals surface area contributed by atoms with Gasteiger partial charge in [-0.1, -0.05) is 23.4 Å². The summed E-state index contributed by atoms with van der Waals surface area (Å²) in [5.74, 6) is 1.31. The van der Waals surface area contributed by atoms with Crippen LogP contribution in [0.2, 0.25) is 0 Å². The summed E-state index contributed by atoms with van der Waals surface area (Å²) >= 11 is 0. The fourth-order valence-corrected chi connectivity index (χ4v) is 2.92. The minimum absolute atomic E-state index is 0.501. The molecule has 28 heavy (non-hydrogen) atoms. The van der Waals surface area contributed by atoms with Gasteiger partial charge in [-0.2, -0.15) is 4.98 Å². The summed E-state index contributed by atoms with van der Waals surface area (Å²) in [4.78, 5) is 4.55. The number of ether oxygens (including phenoxy) is 1. The Balaban J connectivity index is 1.64. The smallest absolute Gasteiger partial charge is 0.247 e. The Bertz CT molecular complexity index is 1130. The molecule has 4 rings (SSSR count). The Morgan fingerprint density at radius 1 is 1.04 bits per heavy atom. The van der Waals surface area contributed by atoms with Gasteiger partial charge < -0.3 is 15.3 Å². The number of rotatable bonds is 5. The number of nitrogens with zero attached hydrogens (tertiary/aromatic N) is 4. The number of hydrogen-bond acceptors (Lipinski definition) is 6. The summed E-state index contributed by atoms with van der Waals surface area (Å²) in [5, 5.41) is 19.9. The van der Waals surface area contributed by atoms with Crippen molar-refractivity contribution in [1.82, 2.24) is 14.6 Å². The number of nitrogens with one attached hydrogen (secondary N) is 1. The van der Waals surface area contributed by atoms with Crippen molar-refractivity contribution in [3.63, 3.8) is 0 Å². The molecule has 140 valence electrons. The summed E-state index contributed by atoms with van der Waals surface area (Å²) in [5.41, 5.74) is 4.95. The fourth-order valence-electron chi connectivity index (χ4n) is 2.92. The lowest BCUT2D eigenvalue weighted by atomic mass is 10.1. The number of anilines is 2. The highest BCUT2D eigenvalue weighted by Crippen LogP contribution is 2.24. The van der Waals surface area contributed by atoms with Gasteiger partial charge in [-0.3, -0.25) is 0 Å². The van der Waals surface area contributed by atoms with Crippen LogP contribution in [0.1, 0.15) is 12.5 Å². The molecule has 7 heteroatoms. The number of methoxy groups -OCH3 is 1. The van der Waals surface area contributed by atoms with Crippen LogP contribution in [-0.4, -0.2) is 32.6 Å². The maximum absolute atomic E-state index is 8.87. The number of hydrogen-bond donors (Lipinski definition) is 2. The molecule has 2 N–H and O–H groups in total. The lowest BCUT2D eigenvalue weighted by Crippen LogP contribution is -1.97. The molecule has 0 saturated carbocycles. The van der Waals surface area contributed by atoms with Gasteiger partial charge in [0, 0.05) is 11.3 Å². The van der Waals surface area contributed by atoms with Crippen molar-refractivity contribution in [2.75, 3.05) is 12.4 Å². The third-order valence-electron chi connectivity index (χ3n) is 4.45. The van der Waals surface area contributed by atoms with E-state index >= 15 is 0 Å². The van der Waals surface area contributed by atoms with E-state index in [4.69, 9.17) is 9.94 Å². The van der Waals surface area contributed by atoms with Gasteiger partial charge in [-0.15, -0.1) is 5.10 Å². The van der Waals surface area contributed by atoms with Crippen molar-refractivity contribution in [2.45, 2.75) is 6.92 Å². The topological polar surface area (TPSA) is 84.0 Å². The second-order valence-corrected chi connectivity index (χ2v) is 6.23. The van der Waals surface area contributed by atoms with Gasteiger partial charge in [0.1, 0.15) is 5.75 Å². The molecule has 0 spiro atoms. The second kappa shape index (κ2) is 7.40. The summed E-state index contributed by atoms with van der Waals surface area (Å²) in [6.07, 6.45) is 0. The quantitative estimate of drug-likeness (QED) is 0.309.